The van der Waals surface area contributed by atoms with Crippen LogP contribution in [-0.2, 0) is 13.5 Å². The molecule has 2 N–H and O–H groups in total. The number of benzene rings is 1. The second-order valence-corrected chi connectivity index (χ2v) is 7.90. The van der Waals surface area contributed by atoms with Crippen molar-refractivity contribution in [2.45, 2.75) is 32.7 Å². The highest BCUT2D eigenvalue weighted by Gasteiger charge is 2.24. The molecule has 1 atom stereocenters. The fourth-order valence-corrected chi connectivity index (χ4v) is 4.21. The maximum absolute atomic E-state index is 4.49. The number of nitrogens with zero attached hydrogens (tertiary/aromatic N) is 4. The number of anilines is 1. The summed E-state index contributed by atoms with van der Waals surface area (Å²) in [7, 11) is 3.83. The van der Waals surface area contributed by atoms with Crippen molar-refractivity contribution in [2.24, 2.45) is 12.0 Å². The van der Waals surface area contributed by atoms with Gasteiger partial charge < -0.3 is 15.5 Å². The van der Waals surface area contributed by atoms with E-state index >= 15 is 0 Å². The molecule has 7 heteroatoms. The number of guanidine groups is 1. The van der Waals surface area contributed by atoms with Crippen LogP contribution < -0.4 is 15.5 Å². The number of aromatic nitrogens is 2. The van der Waals surface area contributed by atoms with Gasteiger partial charge in [0, 0.05) is 49.9 Å². The molecule has 1 unspecified atom stereocenters. The molecule has 1 aliphatic heterocycles. The number of aliphatic imine (C=N–C) groups is 1. The molecule has 1 aromatic heterocycles. The lowest BCUT2D eigenvalue weighted by atomic mass is 10.1. The number of hydrogen-bond donors (Lipinski definition) is 2. The molecule has 0 bridgehead atoms. The first-order chi connectivity index (χ1) is 13.0. The number of rotatable bonds is 5. The van der Waals surface area contributed by atoms with Crippen molar-refractivity contribution in [3.8, 4) is 0 Å². The van der Waals surface area contributed by atoms with Gasteiger partial charge in [-0.3, -0.25) is 9.67 Å². The molecule has 0 radical (unpaired) electrons. The highest BCUT2D eigenvalue weighted by atomic mass is 79.9. The Balaban J connectivity index is 1.50. The number of hydrogen-bond acceptors (Lipinski definition) is 3. The summed E-state index contributed by atoms with van der Waals surface area (Å²) >= 11 is 3.66. The van der Waals surface area contributed by atoms with Crippen LogP contribution in [0.1, 0.15) is 23.4 Å². The predicted molar refractivity (Wildman–Crippen MR) is 116 cm³/mol. The average molecular weight is 433 g/mol. The van der Waals surface area contributed by atoms with Crippen molar-refractivity contribution in [3.63, 3.8) is 0 Å². The van der Waals surface area contributed by atoms with E-state index in [1.54, 1.807) is 0 Å². The van der Waals surface area contributed by atoms with Crippen LogP contribution in [0.4, 0.5) is 5.69 Å². The highest BCUT2D eigenvalue weighted by Crippen LogP contribution is 2.28. The second-order valence-electron chi connectivity index (χ2n) is 7.05. The van der Waals surface area contributed by atoms with Gasteiger partial charge in [0.25, 0.3) is 0 Å². The van der Waals surface area contributed by atoms with Crippen LogP contribution in [0.25, 0.3) is 0 Å². The Morgan fingerprint density at radius 3 is 2.78 bits per heavy atom. The van der Waals surface area contributed by atoms with Crippen molar-refractivity contribution in [3.05, 3.63) is 45.7 Å². The van der Waals surface area contributed by atoms with Gasteiger partial charge in [0.2, 0.25) is 0 Å². The summed E-state index contributed by atoms with van der Waals surface area (Å²) in [5.41, 5.74) is 4.92. The van der Waals surface area contributed by atoms with Gasteiger partial charge in [-0.25, -0.2) is 0 Å². The van der Waals surface area contributed by atoms with Gasteiger partial charge in [-0.15, -0.1) is 0 Å². The van der Waals surface area contributed by atoms with Crippen molar-refractivity contribution in [2.75, 3.05) is 31.6 Å². The van der Waals surface area contributed by atoms with Gasteiger partial charge in [0.1, 0.15) is 0 Å². The molecule has 1 fully saturated rings. The summed E-state index contributed by atoms with van der Waals surface area (Å²) < 4.78 is 3.10. The van der Waals surface area contributed by atoms with Crippen LogP contribution in [0.3, 0.4) is 0 Å². The van der Waals surface area contributed by atoms with Crippen LogP contribution in [0.2, 0.25) is 0 Å². The Hall–Kier alpha value is -2.02. The van der Waals surface area contributed by atoms with Gasteiger partial charge in [-0.1, -0.05) is 12.1 Å². The van der Waals surface area contributed by atoms with E-state index in [2.05, 4.69) is 79.7 Å². The minimum atomic E-state index is 0.394. The van der Waals surface area contributed by atoms with Crippen molar-refractivity contribution in [1.82, 2.24) is 20.4 Å². The van der Waals surface area contributed by atoms with Crippen molar-refractivity contribution < 1.29 is 0 Å². The smallest absolute Gasteiger partial charge is 0.191 e. The van der Waals surface area contributed by atoms with Crippen LogP contribution in [0.15, 0.2) is 33.7 Å². The number of nitrogens with one attached hydrogen (secondary N) is 2. The first-order valence-corrected chi connectivity index (χ1v) is 10.2. The first-order valence-electron chi connectivity index (χ1n) is 9.45. The Morgan fingerprint density at radius 2 is 2.11 bits per heavy atom. The number of halogens is 1. The molecule has 6 nitrogen and oxygen atoms in total. The summed E-state index contributed by atoms with van der Waals surface area (Å²) in [5.74, 6) is 0.869. The second kappa shape index (κ2) is 8.78. The number of aryl methyl sites for hydroxylation is 2. The Kier molecular flexibility index (Phi) is 6.42. The molecule has 0 saturated carbocycles. The van der Waals surface area contributed by atoms with E-state index in [9.17, 15) is 0 Å². The summed E-state index contributed by atoms with van der Waals surface area (Å²) in [6.45, 7) is 7.06. The van der Waals surface area contributed by atoms with E-state index in [1.807, 2.05) is 18.8 Å². The first kappa shape index (κ1) is 19.7. The molecule has 1 saturated heterocycles. The lowest BCUT2D eigenvalue weighted by Crippen LogP contribution is -2.45. The lowest BCUT2D eigenvalue weighted by molar-refractivity contribution is 0.648. The molecular weight excluding hydrogens is 404 g/mol. The third kappa shape index (κ3) is 4.64. The summed E-state index contributed by atoms with van der Waals surface area (Å²) in [6.07, 6.45) is 2.04. The van der Waals surface area contributed by atoms with Crippen molar-refractivity contribution in [1.29, 1.82) is 0 Å². The summed E-state index contributed by atoms with van der Waals surface area (Å²) in [6, 6.07) is 8.79. The van der Waals surface area contributed by atoms with Crippen LogP contribution in [0, 0.1) is 13.8 Å². The third-order valence-corrected chi connectivity index (χ3v) is 5.94. The van der Waals surface area contributed by atoms with E-state index in [0.717, 1.165) is 48.6 Å². The third-order valence-electron chi connectivity index (χ3n) is 5.27. The zero-order valence-corrected chi connectivity index (χ0v) is 18.2. The summed E-state index contributed by atoms with van der Waals surface area (Å²) in [5, 5.41) is 11.5. The largest absolute Gasteiger partial charge is 0.368 e. The molecule has 0 amide bonds. The highest BCUT2D eigenvalue weighted by molar-refractivity contribution is 9.10. The SMILES string of the molecule is CN=C(NCCc1c(C)nn(C)c1C)NC1CCN(c2ccccc2Br)C1. The normalized spacial score (nSPS) is 17.4. The molecule has 27 heavy (non-hydrogen) atoms. The van der Waals surface area contributed by atoms with Crippen molar-refractivity contribution >= 4 is 27.6 Å². The molecule has 3 rings (SSSR count). The molecule has 1 aromatic carbocycles. The zero-order chi connectivity index (χ0) is 19.4. The van der Waals surface area contributed by atoms with E-state index in [-0.39, 0.29) is 0 Å². The van der Waals surface area contributed by atoms with Crippen LogP contribution in [0.5, 0.6) is 0 Å². The fourth-order valence-electron chi connectivity index (χ4n) is 3.68. The minimum absolute atomic E-state index is 0.394. The van der Waals surface area contributed by atoms with E-state index in [4.69, 9.17) is 0 Å². The molecule has 1 aliphatic rings. The average Bonchev–Trinajstić information content (AvgIpc) is 3.20. The Labute approximate surface area is 170 Å². The number of para-hydroxylation sites is 1. The van der Waals surface area contributed by atoms with E-state index in [1.165, 1.54) is 16.9 Å². The standard InChI is InChI=1S/C20H29BrN6/c1-14-17(15(2)26(4)25-14)9-11-23-20(22-3)24-16-10-12-27(13-16)19-8-6-5-7-18(19)21/h5-8,16H,9-13H2,1-4H3,(H2,22,23,24). The maximum Gasteiger partial charge on any atom is 0.191 e. The molecule has 0 spiro atoms. The van der Waals surface area contributed by atoms with Crippen LogP contribution >= 0.6 is 15.9 Å². The lowest BCUT2D eigenvalue weighted by Gasteiger charge is -2.21. The molecule has 0 aliphatic carbocycles. The van der Waals surface area contributed by atoms with E-state index < -0.39 is 0 Å². The van der Waals surface area contributed by atoms with E-state index in [0.29, 0.717) is 6.04 Å². The van der Waals surface area contributed by atoms with Gasteiger partial charge >= 0.3 is 0 Å². The van der Waals surface area contributed by atoms with Gasteiger partial charge in [0.15, 0.2) is 5.96 Å². The predicted octanol–water partition coefficient (Wildman–Crippen LogP) is 2.79. The molecule has 2 aromatic rings. The van der Waals surface area contributed by atoms with Crippen LogP contribution in [-0.4, -0.2) is 48.5 Å². The Morgan fingerprint density at radius 1 is 1.33 bits per heavy atom. The quantitative estimate of drug-likeness (QED) is 0.563. The van der Waals surface area contributed by atoms with Gasteiger partial charge in [-0.2, -0.15) is 5.10 Å². The zero-order valence-electron chi connectivity index (χ0n) is 16.6. The fraction of sp³-hybridized carbons (Fsp3) is 0.500. The van der Waals surface area contributed by atoms with Gasteiger partial charge in [0.05, 0.1) is 11.4 Å². The minimum Gasteiger partial charge on any atom is -0.368 e. The monoisotopic (exact) mass is 432 g/mol. The molecular formula is C20H29BrN6. The summed E-state index contributed by atoms with van der Waals surface area (Å²) in [4.78, 5) is 6.81. The van der Waals surface area contributed by atoms with Gasteiger partial charge in [-0.05, 0) is 60.3 Å². The molecule has 146 valence electrons. The Bertz CT molecular complexity index is 813. The topological polar surface area (TPSA) is 57.5 Å². The molecule has 2 heterocycles. The maximum atomic E-state index is 4.49.